The SMILES string of the molecule is Cc1nn(C2CCCOC2)c(OCCCNc2nc(Cl)nc3c2c(Cl)cn3COCC[Si](C)(C)C)c1[N+](=O)[O-]. The summed E-state index contributed by atoms with van der Waals surface area (Å²) in [6.07, 6.45) is 3.98. The number of halogens is 2. The summed E-state index contributed by atoms with van der Waals surface area (Å²) in [6.45, 7) is 11.3. The molecule has 15 heteroatoms. The number of aryl methyl sites for hydroxylation is 1. The lowest BCUT2D eigenvalue weighted by Gasteiger charge is -2.23. The normalized spacial score (nSPS) is 16.1. The highest BCUT2D eigenvalue weighted by atomic mass is 35.5. The van der Waals surface area contributed by atoms with Gasteiger partial charge >= 0.3 is 5.69 Å². The van der Waals surface area contributed by atoms with Crippen molar-refractivity contribution in [2.24, 2.45) is 0 Å². The Balaban J connectivity index is 1.39. The first-order valence-electron chi connectivity index (χ1n) is 13.0. The van der Waals surface area contributed by atoms with E-state index in [0.717, 1.165) is 18.9 Å². The molecule has 1 unspecified atom stereocenters. The van der Waals surface area contributed by atoms with Crippen molar-refractivity contribution in [1.29, 1.82) is 0 Å². The minimum atomic E-state index is -1.20. The first kappa shape index (κ1) is 29.5. The van der Waals surface area contributed by atoms with Crippen LogP contribution in [-0.2, 0) is 16.2 Å². The molecule has 39 heavy (non-hydrogen) atoms. The molecule has 0 amide bonds. The van der Waals surface area contributed by atoms with Gasteiger partial charge in [-0.1, -0.05) is 31.2 Å². The second kappa shape index (κ2) is 12.8. The molecule has 3 aromatic heterocycles. The van der Waals surface area contributed by atoms with E-state index >= 15 is 0 Å². The number of nitrogens with one attached hydrogen (secondary N) is 1. The third-order valence-corrected chi connectivity index (χ3v) is 8.56. The van der Waals surface area contributed by atoms with Crippen molar-refractivity contribution >= 4 is 53.8 Å². The Morgan fingerprint density at radius 3 is 2.77 bits per heavy atom. The van der Waals surface area contributed by atoms with Gasteiger partial charge in [-0.3, -0.25) is 10.1 Å². The van der Waals surface area contributed by atoms with Crippen LogP contribution in [0.4, 0.5) is 11.5 Å². The molecule has 1 aliphatic heterocycles. The molecular formula is C24H35Cl2N7O5Si. The number of nitrogens with zero attached hydrogens (tertiary/aromatic N) is 6. The molecule has 0 radical (unpaired) electrons. The van der Waals surface area contributed by atoms with E-state index in [0.29, 0.717) is 67.1 Å². The van der Waals surface area contributed by atoms with E-state index in [1.165, 1.54) is 0 Å². The highest BCUT2D eigenvalue weighted by Crippen LogP contribution is 2.35. The van der Waals surface area contributed by atoms with Crippen LogP contribution in [0.25, 0.3) is 11.0 Å². The molecule has 0 aromatic carbocycles. The minimum Gasteiger partial charge on any atom is -0.473 e. The van der Waals surface area contributed by atoms with Crippen molar-refractivity contribution in [3.05, 3.63) is 32.3 Å². The largest absolute Gasteiger partial charge is 0.473 e. The second-order valence-electron chi connectivity index (χ2n) is 10.8. The number of fused-ring (bicyclic) bond motifs is 1. The Morgan fingerprint density at radius 1 is 1.28 bits per heavy atom. The quantitative estimate of drug-likeness (QED) is 0.0863. The Hall–Kier alpha value is -2.45. The number of hydrogen-bond donors (Lipinski definition) is 1. The summed E-state index contributed by atoms with van der Waals surface area (Å²) < 4.78 is 20.8. The summed E-state index contributed by atoms with van der Waals surface area (Å²) in [4.78, 5) is 20.0. The van der Waals surface area contributed by atoms with Crippen LogP contribution in [-0.4, -0.2) is 70.3 Å². The van der Waals surface area contributed by atoms with Crippen molar-refractivity contribution in [3.8, 4) is 5.88 Å². The van der Waals surface area contributed by atoms with E-state index in [9.17, 15) is 10.1 Å². The number of aromatic nitrogens is 5. The van der Waals surface area contributed by atoms with E-state index in [1.54, 1.807) is 17.8 Å². The number of ether oxygens (including phenoxy) is 3. The lowest BCUT2D eigenvalue weighted by Crippen LogP contribution is -2.23. The first-order valence-corrected chi connectivity index (χ1v) is 17.5. The predicted molar refractivity (Wildman–Crippen MR) is 153 cm³/mol. The van der Waals surface area contributed by atoms with Crippen LogP contribution in [0.2, 0.25) is 36.0 Å². The standard InChI is InChI=1S/C24H35Cl2N7O5Si/c1-16-20(33(34)35)23(32(30-16)17-7-5-9-36-14-17)38-10-6-8-27-21-19-18(25)13-31(22(19)29-24(26)28-21)15-37-11-12-39(2,3)4/h13,17H,5-12,14-15H2,1-4H3,(H,27,28,29). The van der Waals surface area contributed by atoms with E-state index in [1.807, 2.05) is 4.57 Å². The minimum absolute atomic E-state index is 0.0871. The molecule has 0 aliphatic carbocycles. The number of anilines is 1. The Morgan fingerprint density at radius 2 is 2.08 bits per heavy atom. The third kappa shape index (κ3) is 7.40. The van der Waals surface area contributed by atoms with Gasteiger partial charge in [0.15, 0.2) is 5.65 Å². The van der Waals surface area contributed by atoms with Gasteiger partial charge in [0.25, 0.3) is 5.88 Å². The second-order valence-corrected chi connectivity index (χ2v) is 17.1. The fraction of sp³-hybridized carbons (Fsp3) is 0.625. The van der Waals surface area contributed by atoms with Gasteiger partial charge in [-0.25, -0.2) is 4.68 Å². The van der Waals surface area contributed by atoms with E-state index in [-0.39, 0.29) is 29.5 Å². The Labute approximate surface area is 238 Å². The molecule has 1 aliphatic rings. The molecule has 4 rings (SSSR count). The summed E-state index contributed by atoms with van der Waals surface area (Å²) in [7, 11) is -1.20. The Bertz CT molecular complexity index is 1300. The average Bonchev–Trinajstić information content (AvgIpc) is 3.37. The number of nitro groups is 1. The van der Waals surface area contributed by atoms with Crippen molar-refractivity contribution < 1.29 is 19.1 Å². The van der Waals surface area contributed by atoms with E-state index in [2.05, 4.69) is 40.0 Å². The molecule has 1 atom stereocenters. The summed E-state index contributed by atoms with van der Waals surface area (Å²) in [5.41, 5.74) is 0.787. The summed E-state index contributed by atoms with van der Waals surface area (Å²) in [6, 6.07) is 0.962. The maximum atomic E-state index is 11.7. The molecule has 3 aromatic rings. The number of hydrogen-bond acceptors (Lipinski definition) is 9. The third-order valence-electron chi connectivity index (χ3n) is 6.40. The van der Waals surface area contributed by atoms with Crippen molar-refractivity contribution in [2.75, 3.05) is 38.3 Å². The fourth-order valence-electron chi connectivity index (χ4n) is 4.35. The lowest BCUT2D eigenvalue weighted by atomic mass is 10.1. The average molecular weight is 601 g/mol. The van der Waals surface area contributed by atoms with Gasteiger partial charge in [-0.15, -0.1) is 0 Å². The predicted octanol–water partition coefficient (Wildman–Crippen LogP) is 5.70. The van der Waals surface area contributed by atoms with E-state index in [4.69, 9.17) is 37.4 Å². The van der Waals surface area contributed by atoms with Gasteiger partial charge in [0.05, 0.1) is 34.6 Å². The molecule has 214 valence electrons. The highest BCUT2D eigenvalue weighted by Gasteiger charge is 2.31. The van der Waals surface area contributed by atoms with Crippen LogP contribution in [0.1, 0.15) is 31.0 Å². The van der Waals surface area contributed by atoms with Crippen molar-refractivity contribution in [1.82, 2.24) is 24.3 Å². The van der Waals surface area contributed by atoms with Gasteiger partial charge in [0.1, 0.15) is 18.2 Å². The monoisotopic (exact) mass is 599 g/mol. The molecule has 0 bridgehead atoms. The first-order chi connectivity index (χ1) is 18.5. The molecular weight excluding hydrogens is 565 g/mol. The van der Waals surface area contributed by atoms with Gasteiger partial charge in [-0.2, -0.15) is 15.1 Å². The van der Waals surface area contributed by atoms with Crippen LogP contribution >= 0.6 is 23.2 Å². The van der Waals surface area contributed by atoms with Crippen molar-refractivity contribution in [3.63, 3.8) is 0 Å². The molecule has 1 N–H and O–H groups in total. The molecule has 4 heterocycles. The number of rotatable bonds is 13. The summed E-state index contributed by atoms with van der Waals surface area (Å²) in [5, 5.41) is 20.6. The molecule has 12 nitrogen and oxygen atoms in total. The van der Waals surface area contributed by atoms with Gasteiger partial charge in [-0.05, 0) is 43.8 Å². The topological polar surface area (TPSA) is 131 Å². The zero-order chi connectivity index (χ0) is 28.2. The van der Waals surface area contributed by atoms with E-state index < -0.39 is 13.0 Å². The summed E-state index contributed by atoms with van der Waals surface area (Å²) in [5.74, 6) is 0.664. The van der Waals surface area contributed by atoms with Crippen LogP contribution < -0.4 is 10.1 Å². The smallest absolute Gasteiger partial charge is 0.353 e. The van der Waals surface area contributed by atoms with Crippen LogP contribution in [0.3, 0.4) is 0 Å². The van der Waals surface area contributed by atoms with Gasteiger partial charge < -0.3 is 24.1 Å². The zero-order valence-corrected chi connectivity index (χ0v) is 25.2. The molecule has 0 spiro atoms. The maximum absolute atomic E-state index is 11.7. The summed E-state index contributed by atoms with van der Waals surface area (Å²) >= 11 is 12.8. The van der Waals surface area contributed by atoms with Crippen LogP contribution in [0.5, 0.6) is 5.88 Å². The van der Waals surface area contributed by atoms with Crippen LogP contribution in [0, 0.1) is 17.0 Å². The lowest BCUT2D eigenvalue weighted by molar-refractivity contribution is -0.386. The fourth-order valence-corrected chi connectivity index (χ4v) is 5.57. The molecule has 0 saturated carbocycles. The van der Waals surface area contributed by atoms with Crippen LogP contribution in [0.15, 0.2) is 6.20 Å². The van der Waals surface area contributed by atoms with Gasteiger partial charge in [0.2, 0.25) is 5.28 Å². The molecule has 1 fully saturated rings. The highest BCUT2D eigenvalue weighted by molar-refractivity contribution is 6.76. The van der Waals surface area contributed by atoms with Crippen molar-refractivity contribution in [2.45, 2.75) is 64.6 Å². The van der Waals surface area contributed by atoms with Gasteiger partial charge in [0, 0.05) is 34.0 Å². The maximum Gasteiger partial charge on any atom is 0.353 e. The molecule has 1 saturated heterocycles. The Kier molecular flexibility index (Phi) is 9.70. The zero-order valence-electron chi connectivity index (χ0n) is 22.7.